The highest BCUT2D eigenvalue weighted by molar-refractivity contribution is 6.26. The van der Waals surface area contributed by atoms with Gasteiger partial charge in [-0.15, -0.1) is 0 Å². The van der Waals surface area contributed by atoms with Crippen LogP contribution in [-0.4, -0.2) is 46.4 Å². The number of fused-ring (bicyclic) bond motifs is 1. The van der Waals surface area contributed by atoms with Crippen molar-refractivity contribution >= 4 is 35.1 Å². The second kappa shape index (κ2) is 9.00. The van der Waals surface area contributed by atoms with Crippen LogP contribution in [0.1, 0.15) is 34.7 Å². The van der Waals surface area contributed by atoms with E-state index in [-0.39, 0.29) is 33.8 Å². The number of esters is 2. The van der Waals surface area contributed by atoms with Gasteiger partial charge in [0.25, 0.3) is 5.79 Å². The lowest BCUT2D eigenvalue weighted by molar-refractivity contribution is -0.222. The van der Waals surface area contributed by atoms with E-state index in [1.54, 1.807) is 5.32 Å². The van der Waals surface area contributed by atoms with Gasteiger partial charge >= 0.3 is 24.0 Å². The van der Waals surface area contributed by atoms with Gasteiger partial charge in [-0.3, -0.25) is 19.4 Å². The monoisotopic (exact) mass is 515 g/mol. The second-order valence-electron chi connectivity index (χ2n) is 8.21. The zero-order valence-corrected chi connectivity index (χ0v) is 19.1. The fraction of sp³-hybridized carbons (Fsp3) is 0.167. The van der Waals surface area contributed by atoms with Gasteiger partial charge in [-0.25, -0.2) is 9.59 Å². The van der Waals surface area contributed by atoms with E-state index in [1.165, 1.54) is 50.4 Å². The summed E-state index contributed by atoms with van der Waals surface area (Å²) in [5.41, 5.74) is -1.71. The summed E-state index contributed by atoms with van der Waals surface area (Å²) in [6, 6.07) is 6.67. The first-order chi connectivity index (χ1) is 17.3. The molecule has 1 saturated heterocycles. The summed E-state index contributed by atoms with van der Waals surface area (Å²) in [5.74, 6) is -7.32. The third-order valence-corrected chi connectivity index (χ3v) is 5.14. The van der Waals surface area contributed by atoms with Gasteiger partial charge in [-0.2, -0.15) is 13.2 Å². The molecule has 190 valence electrons. The predicted octanol–water partition coefficient (Wildman–Crippen LogP) is 2.82. The number of Topliss-reactive ketones (excluding diaryl/α,β-unsaturated/α-hetero) is 1. The van der Waals surface area contributed by atoms with Crippen LogP contribution in [0.4, 0.5) is 18.9 Å². The Kier molecular flexibility index (Phi) is 6.15. The number of nitrogens with one attached hydrogen (secondary N) is 2. The highest BCUT2D eigenvalue weighted by atomic mass is 19.4. The Morgan fingerprint density at radius 1 is 1.00 bits per heavy atom. The molecule has 2 heterocycles. The zero-order chi connectivity index (χ0) is 27.1. The molecule has 13 heteroatoms. The van der Waals surface area contributed by atoms with Crippen molar-refractivity contribution in [2.24, 2.45) is 0 Å². The van der Waals surface area contributed by atoms with Gasteiger partial charge in [0, 0.05) is 43.6 Å². The highest BCUT2D eigenvalue weighted by Gasteiger charge is 2.40. The molecule has 0 atom stereocenters. The Bertz CT molecular complexity index is 1420. The van der Waals surface area contributed by atoms with E-state index in [1.807, 2.05) is 0 Å². The number of hydrogen-bond donors (Lipinski definition) is 2. The van der Waals surface area contributed by atoms with Crippen molar-refractivity contribution in [3.8, 4) is 11.1 Å². The normalized spacial score (nSPS) is 16.8. The summed E-state index contributed by atoms with van der Waals surface area (Å²) in [4.78, 5) is 65.8. The molecular formula is C24H16F3N3O7. The number of para-hydroxylation sites is 1. The molecule has 1 aliphatic heterocycles. The number of ether oxygens (including phenoxy) is 2. The van der Waals surface area contributed by atoms with Gasteiger partial charge in [0.05, 0.1) is 11.3 Å². The maximum atomic E-state index is 13.3. The summed E-state index contributed by atoms with van der Waals surface area (Å²) >= 11 is 0. The molecule has 10 nitrogen and oxygen atoms in total. The Balaban J connectivity index is 1.71. The smallest absolute Gasteiger partial charge is 0.419 e. The van der Waals surface area contributed by atoms with Crippen LogP contribution in [0.2, 0.25) is 0 Å². The van der Waals surface area contributed by atoms with E-state index in [0.29, 0.717) is 0 Å². The van der Waals surface area contributed by atoms with Crippen LogP contribution in [0.3, 0.4) is 0 Å². The van der Waals surface area contributed by atoms with Crippen molar-refractivity contribution < 1.29 is 46.6 Å². The zero-order valence-electron chi connectivity index (χ0n) is 19.1. The number of carbonyl (C=O) groups excluding carboxylic acids is 5. The molecule has 0 unspecified atom stereocenters. The molecule has 2 N–H and O–H groups in total. The molecule has 0 bridgehead atoms. The first kappa shape index (κ1) is 25.3. The number of allylic oxidation sites excluding steroid dienone is 2. The number of amides is 1. The van der Waals surface area contributed by atoms with Crippen LogP contribution in [0.15, 0.2) is 60.1 Å². The van der Waals surface area contributed by atoms with Gasteiger partial charge < -0.3 is 20.1 Å². The minimum atomic E-state index is -5.17. The maximum Gasteiger partial charge on any atom is 0.471 e. The third kappa shape index (κ3) is 4.96. The van der Waals surface area contributed by atoms with Crippen LogP contribution in [-0.2, 0) is 23.9 Å². The lowest BCUT2D eigenvalue weighted by atomic mass is 9.89. The van der Waals surface area contributed by atoms with Gasteiger partial charge in [0.15, 0.2) is 5.57 Å². The molecular weight excluding hydrogens is 499 g/mol. The Hall–Kier alpha value is -4.81. The number of ketones is 2. The van der Waals surface area contributed by atoms with Crippen LogP contribution >= 0.6 is 0 Å². The Morgan fingerprint density at radius 2 is 1.65 bits per heavy atom. The largest absolute Gasteiger partial charge is 0.471 e. The van der Waals surface area contributed by atoms with E-state index < -0.39 is 46.9 Å². The van der Waals surface area contributed by atoms with Gasteiger partial charge in [0.2, 0.25) is 11.6 Å². The van der Waals surface area contributed by atoms with E-state index in [0.717, 1.165) is 12.3 Å². The lowest BCUT2D eigenvalue weighted by Gasteiger charge is -2.29. The molecule has 2 aromatic rings. The number of nitrogens with zero attached hydrogens (tertiary/aromatic N) is 1. The summed E-state index contributed by atoms with van der Waals surface area (Å²) < 4.78 is 48.4. The second-order valence-corrected chi connectivity index (χ2v) is 8.21. The summed E-state index contributed by atoms with van der Waals surface area (Å²) in [6.45, 7) is 2.69. The number of aromatic nitrogens is 1. The van der Waals surface area contributed by atoms with Crippen molar-refractivity contribution in [3.05, 3.63) is 71.3 Å². The topological polar surface area (TPSA) is 141 Å². The fourth-order valence-electron chi connectivity index (χ4n) is 3.56. The SMILES string of the molecule is CC1(C)OC(=O)C(=CNC2=CC(=O)c3nccc(-c4ccccc4NC(=O)C(F)(F)F)c3C2=O)C(=O)O1. The summed E-state index contributed by atoms with van der Waals surface area (Å²) in [6.07, 6.45) is -2.25. The van der Waals surface area contributed by atoms with Crippen LogP contribution in [0, 0.1) is 0 Å². The molecule has 1 aromatic heterocycles. The van der Waals surface area contributed by atoms with E-state index in [4.69, 9.17) is 9.47 Å². The molecule has 1 fully saturated rings. The highest BCUT2D eigenvalue weighted by Crippen LogP contribution is 2.35. The van der Waals surface area contributed by atoms with E-state index >= 15 is 0 Å². The van der Waals surface area contributed by atoms with Crippen molar-refractivity contribution in [2.45, 2.75) is 25.8 Å². The number of pyridine rings is 1. The first-order valence-electron chi connectivity index (χ1n) is 10.5. The average molecular weight is 515 g/mol. The molecule has 1 amide bonds. The molecule has 37 heavy (non-hydrogen) atoms. The number of carbonyl (C=O) groups is 5. The summed E-state index contributed by atoms with van der Waals surface area (Å²) in [7, 11) is 0. The standard InChI is InChI=1S/C24H16F3N3O7/c1-23(2)36-20(33)13(21(34)37-23)10-29-15-9-16(31)18-17(19(15)32)12(7-8-28-18)11-5-3-4-6-14(11)30-22(35)24(25,26)27/h3-10,29H,1-2H3,(H,30,35). The molecule has 4 rings (SSSR count). The molecule has 0 radical (unpaired) electrons. The molecule has 1 aliphatic carbocycles. The molecule has 1 aromatic carbocycles. The number of rotatable bonds is 4. The number of hydrogen-bond acceptors (Lipinski definition) is 9. The van der Waals surface area contributed by atoms with E-state index in [2.05, 4.69) is 10.3 Å². The van der Waals surface area contributed by atoms with Crippen LogP contribution in [0.5, 0.6) is 0 Å². The van der Waals surface area contributed by atoms with Crippen molar-refractivity contribution in [1.29, 1.82) is 0 Å². The number of benzene rings is 1. The Morgan fingerprint density at radius 3 is 2.30 bits per heavy atom. The first-order valence-corrected chi connectivity index (χ1v) is 10.5. The van der Waals surface area contributed by atoms with Crippen molar-refractivity contribution in [1.82, 2.24) is 10.3 Å². The maximum absolute atomic E-state index is 13.3. The molecule has 2 aliphatic rings. The third-order valence-electron chi connectivity index (χ3n) is 5.14. The molecule has 0 spiro atoms. The minimum absolute atomic E-state index is 0.0136. The molecule has 0 saturated carbocycles. The van der Waals surface area contributed by atoms with Crippen molar-refractivity contribution in [3.63, 3.8) is 0 Å². The average Bonchev–Trinajstić information content (AvgIpc) is 2.80. The fourth-order valence-corrected chi connectivity index (χ4v) is 3.56. The number of cyclic esters (lactones) is 2. The minimum Gasteiger partial charge on any atom is -0.419 e. The van der Waals surface area contributed by atoms with Crippen molar-refractivity contribution in [2.75, 3.05) is 5.32 Å². The quantitative estimate of drug-likeness (QED) is 0.357. The van der Waals surface area contributed by atoms with Gasteiger partial charge in [0.1, 0.15) is 5.69 Å². The van der Waals surface area contributed by atoms with Gasteiger partial charge in [-0.1, -0.05) is 18.2 Å². The number of halogens is 3. The lowest BCUT2D eigenvalue weighted by Crippen LogP contribution is -2.42. The Labute approximate surface area is 206 Å². The van der Waals surface area contributed by atoms with Gasteiger partial charge in [-0.05, 0) is 17.7 Å². The van der Waals surface area contributed by atoms with Crippen LogP contribution < -0.4 is 10.6 Å². The number of anilines is 1. The van der Waals surface area contributed by atoms with Crippen LogP contribution in [0.25, 0.3) is 11.1 Å². The summed E-state index contributed by atoms with van der Waals surface area (Å²) in [5, 5.41) is 4.18. The predicted molar refractivity (Wildman–Crippen MR) is 119 cm³/mol. The van der Waals surface area contributed by atoms with E-state index in [9.17, 15) is 37.1 Å². The number of alkyl halides is 3.